The summed E-state index contributed by atoms with van der Waals surface area (Å²) in [5.74, 6) is 0.819. The molecule has 2 aromatic rings. The molecule has 0 aliphatic heterocycles. The highest BCUT2D eigenvalue weighted by Crippen LogP contribution is 2.21. The largest absolute Gasteiger partial charge is 0.496 e. The molecule has 0 saturated heterocycles. The van der Waals surface area contributed by atoms with E-state index < -0.39 is 0 Å². The van der Waals surface area contributed by atoms with Crippen molar-refractivity contribution in [2.75, 3.05) is 19.0 Å². The second kappa shape index (κ2) is 9.83. The number of hydrogen-bond donors (Lipinski definition) is 3. The Hall–Kier alpha value is -2.73. The first-order chi connectivity index (χ1) is 12.9. The molecule has 0 unspecified atom stereocenters. The van der Waals surface area contributed by atoms with Gasteiger partial charge in [-0.2, -0.15) is 0 Å². The van der Waals surface area contributed by atoms with Crippen molar-refractivity contribution < 1.29 is 14.3 Å². The molecule has 144 valence electrons. The van der Waals surface area contributed by atoms with E-state index in [0.29, 0.717) is 36.0 Å². The van der Waals surface area contributed by atoms with Crippen molar-refractivity contribution >= 4 is 29.2 Å². The van der Waals surface area contributed by atoms with Gasteiger partial charge in [0.25, 0.3) is 5.91 Å². The molecule has 2 aromatic carbocycles. The Morgan fingerprint density at radius 1 is 1.11 bits per heavy atom. The number of nitrogens with one attached hydrogen (secondary N) is 3. The number of halogens is 1. The van der Waals surface area contributed by atoms with E-state index in [1.54, 1.807) is 25.3 Å². The second-order valence-electron chi connectivity index (χ2n) is 6.42. The maximum absolute atomic E-state index is 12.1. The summed E-state index contributed by atoms with van der Waals surface area (Å²) in [4.78, 5) is 24.2. The van der Waals surface area contributed by atoms with E-state index in [4.69, 9.17) is 16.3 Å². The average Bonchev–Trinajstić information content (AvgIpc) is 2.64. The number of carbonyl (C=O) groups is 2. The smallest absolute Gasteiger partial charge is 0.319 e. The van der Waals surface area contributed by atoms with Crippen LogP contribution in [0.4, 0.5) is 10.5 Å². The van der Waals surface area contributed by atoms with Crippen LogP contribution in [-0.2, 0) is 6.54 Å². The second-order valence-corrected chi connectivity index (χ2v) is 6.83. The Kier molecular flexibility index (Phi) is 7.49. The van der Waals surface area contributed by atoms with Crippen molar-refractivity contribution in [3.8, 4) is 5.75 Å². The predicted octanol–water partition coefficient (Wildman–Crippen LogP) is 4.06. The summed E-state index contributed by atoms with van der Waals surface area (Å²) in [6, 6.07) is 11.8. The summed E-state index contributed by atoms with van der Waals surface area (Å²) in [7, 11) is 1.58. The van der Waals surface area contributed by atoms with E-state index >= 15 is 0 Å². The van der Waals surface area contributed by atoms with E-state index in [1.807, 2.05) is 38.1 Å². The summed E-state index contributed by atoms with van der Waals surface area (Å²) in [6.07, 6.45) is 0. The molecule has 0 spiro atoms. The zero-order chi connectivity index (χ0) is 19.8. The molecule has 2 rings (SSSR count). The molecular weight excluding hydrogens is 366 g/mol. The van der Waals surface area contributed by atoms with Gasteiger partial charge in [-0.05, 0) is 30.2 Å². The van der Waals surface area contributed by atoms with Gasteiger partial charge in [-0.25, -0.2) is 4.79 Å². The number of methoxy groups -OCH3 is 1. The average molecular weight is 390 g/mol. The van der Waals surface area contributed by atoms with Crippen molar-refractivity contribution in [3.63, 3.8) is 0 Å². The first-order valence-electron chi connectivity index (χ1n) is 8.65. The van der Waals surface area contributed by atoms with Crippen LogP contribution in [0.25, 0.3) is 0 Å². The summed E-state index contributed by atoms with van der Waals surface area (Å²) < 4.78 is 5.25. The summed E-state index contributed by atoms with van der Waals surface area (Å²) >= 11 is 6.19. The Labute approximate surface area is 164 Å². The summed E-state index contributed by atoms with van der Waals surface area (Å²) in [5.41, 5.74) is 1.74. The zero-order valence-electron chi connectivity index (χ0n) is 15.6. The first kappa shape index (κ1) is 20.6. The maximum Gasteiger partial charge on any atom is 0.319 e. The molecule has 7 heteroatoms. The lowest BCUT2D eigenvalue weighted by Crippen LogP contribution is -2.29. The molecule has 0 radical (unpaired) electrons. The number of rotatable bonds is 7. The molecule has 0 saturated carbocycles. The van der Waals surface area contributed by atoms with Gasteiger partial charge in [-0.3, -0.25) is 4.79 Å². The molecule has 0 bridgehead atoms. The van der Waals surface area contributed by atoms with E-state index in [2.05, 4.69) is 16.0 Å². The third-order valence-corrected chi connectivity index (χ3v) is 4.09. The van der Waals surface area contributed by atoms with Gasteiger partial charge in [0.2, 0.25) is 0 Å². The van der Waals surface area contributed by atoms with E-state index in [0.717, 1.165) is 5.56 Å². The number of urea groups is 1. The van der Waals surface area contributed by atoms with Crippen molar-refractivity contribution in [1.82, 2.24) is 10.6 Å². The fourth-order valence-corrected chi connectivity index (χ4v) is 2.64. The Morgan fingerprint density at radius 2 is 1.85 bits per heavy atom. The van der Waals surface area contributed by atoms with Crippen molar-refractivity contribution in [3.05, 3.63) is 58.6 Å². The van der Waals surface area contributed by atoms with Crippen LogP contribution in [0.15, 0.2) is 42.5 Å². The minimum absolute atomic E-state index is 0.235. The van der Waals surface area contributed by atoms with Crippen LogP contribution in [0.1, 0.15) is 29.8 Å². The Morgan fingerprint density at radius 3 is 2.52 bits per heavy atom. The lowest BCUT2D eigenvalue weighted by Gasteiger charge is -2.12. The molecule has 0 atom stereocenters. The third-order valence-electron chi connectivity index (χ3n) is 3.77. The van der Waals surface area contributed by atoms with Gasteiger partial charge in [0.1, 0.15) is 5.75 Å². The number of ether oxygens (including phenoxy) is 1. The standard InChI is InChI=1S/C20H24ClN3O3/c1-13(2)11-22-19(25)16-9-8-15(10-17(16)21)24-20(26)23-12-14-6-4-5-7-18(14)27-3/h4-10,13H,11-12H2,1-3H3,(H,22,25)(H2,23,24,26). The molecule has 6 nitrogen and oxygen atoms in total. The molecule has 27 heavy (non-hydrogen) atoms. The number of hydrogen-bond acceptors (Lipinski definition) is 3. The van der Waals surface area contributed by atoms with Gasteiger partial charge >= 0.3 is 6.03 Å². The minimum atomic E-state index is -0.381. The predicted molar refractivity (Wildman–Crippen MR) is 107 cm³/mol. The highest BCUT2D eigenvalue weighted by molar-refractivity contribution is 6.34. The van der Waals surface area contributed by atoms with Crippen LogP contribution < -0.4 is 20.7 Å². The van der Waals surface area contributed by atoms with Gasteiger partial charge in [-0.1, -0.05) is 43.6 Å². The fourth-order valence-electron chi connectivity index (χ4n) is 2.37. The number of para-hydroxylation sites is 1. The monoisotopic (exact) mass is 389 g/mol. The van der Waals surface area contributed by atoms with Crippen molar-refractivity contribution in [1.29, 1.82) is 0 Å². The number of amides is 3. The fraction of sp³-hybridized carbons (Fsp3) is 0.300. The van der Waals surface area contributed by atoms with Gasteiger partial charge in [0.15, 0.2) is 0 Å². The normalized spacial score (nSPS) is 10.4. The van der Waals surface area contributed by atoms with Gasteiger partial charge in [-0.15, -0.1) is 0 Å². The van der Waals surface area contributed by atoms with E-state index in [9.17, 15) is 9.59 Å². The quantitative estimate of drug-likeness (QED) is 0.668. The number of anilines is 1. The van der Waals surface area contributed by atoms with Crippen LogP contribution in [0, 0.1) is 5.92 Å². The molecule has 0 aliphatic rings. The molecule has 3 amide bonds. The van der Waals surface area contributed by atoms with Crippen LogP contribution in [0.5, 0.6) is 5.75 Å². The van der Waals surface area contributed by atoms with Crippen LogP contribution in [0.3, 0.4) is 0 Å². The van der Waals surface area contributed by atoms with E-state index in [-0.39, 0.29) is 17.0 Å². The van der Waals surface area contributed by atoms with Gasteiger partial charge in [0, 0.05) is 24.3 Å². The van der Waals surface area contributed by atoms with Crippen LogP contribution >= 0.6 is 11.6 Å². The highest BCUT2D eigenvalue weighted by atomic mass is 35.5. The Bertz CT molecular complexity index is 809. The highest BCUT2D eigenvalue weighted by Gasteiger charge is 2.12. The number of benzene rings is 2. The Balaban J connectivity index is 1.94. The number of carbonyl (C=O) groups excluding carboxylic acids is 2. The molecule has 3 N–H and O–H groups in total. The van der Waals surface area contributed by atoms with Crippen LogP contribution in [-0.4, -0.2) is 25.6 Å². The summed E-state index contributed by atoms with van der Waals surface area (Å²) in [5, 5.41) is 8.55. The lowest BCUT2D eigenvalue weighted by atomic mass is 10.1. The van der Waals surface area contributed by atoms with E-state index in [1.165, 1.54) is 0 Å². The lowest BCUT2D eigenvalue weighted by molar-refractivity contribution is 0.0949. The van der Waals surface area contributed by atoms with Crippen LogP contribution in [0.2, 0.25) is 5.02 Å². The van der Waals surface area contributed by atoms with Crippen molar-refractivity contribution in [2.24, 2.45) is 5.92 Å². The van der Waals surface area contributed by atoms with Gasteiger partial charge in [0.05, 0.1) is 17.7 Å². The maximum atomic E-state index is 12.1. The molecule has 0 aromatic heterocycles. The molecular formula is C20H24ClN3O3. The first-order valence-corrected chi connectivity index (χ1v) is 9.03. The van der Waals surface area contributed by atoms with Crippen molar-refractivity contribution in [2.45, 2.75) is 20.4 Å². The molecule has 0 heterocycles. The third kappa shape index (κ3) is 6.18. The summed E-state index contributed by atoms with van der Waals surface area (Å²) in [6.45, 7) is 4.91. The SMILES string of the molecule is COc1ccccc1CNC(=O)Nc1ccc(C(=O)NCC(C)C)c(Cl)c1. The topological polar surface area (TPSA) is 79.5 Å². The van der Waals surface area contributed by atoms with Gasteiger partial charge < -0.3 is 20.7 Å². The minimum Gasteiger partial charge on any atom is -0.496 e. The molecule has 0 fully saturated rings. The molecule has 0 aliphatic carbocycles. The zero-order valence-corrected chi connectivity index (χ0v) is 16.4.